The van der Waals surface area contributed by atoms with Crippen LogP contribution in [0.25, 0.3) is 0 Å². The maximum absolute atomic E-state index is 12.5. The summed E-state index contributed by atoms with van der Waals surface area (Å²) >= 11 is 0. The lowest BCUT2D eigenvalue weighted by Crippen LogP contribution is -2.28. The van der Waals surface area contributed by atoms with E-state index in [-0.39, 0.29) is 23.1 Å². The Hall–Kier alpha value is -2.71. The average Bonchev–Trinajstić information content (AvgIpc) is 3.04. The lowest BCUT2D eigenvalue weighted by Gasteiger charge is -2.17. The van der Waals surface area contributed by atoms with Crippen LogP contribution in [-0.4, -0.2) is 33.8 Å². The van der Waals surface area contributed by atoms with Crippen LogP contribution in [0.5, 0.6) is 0 Å². The molecule has 1 atom stereocenters. The Morgan fingerprint density at radius 1 is 1.15 bits per heavy atom. The van der Waals surface area contributed by atoms with E-state index in [0.29, 0.717) is 12.2 Å². The van der Waals surface area contributed by atoms with E-state index in [1.807, 2.05) is 31.2 Å². The molecule has 2 amide bonds. The normalized spacial score (nSPS) is 17.2. The molecular weight excluding hydrogens is 366 g/mol. The number of anilines is 2. The Morgan fingerprint density at radius 2 is 1.85 bits per heavy atom. The predicted octanol–water partition coefficient (Wildman–Crippen LogP) is 1.89. The molecule has 27 heavy (non-hydrogen) atoms. The number of hydrogen-bond donors (Lipinski definition) is 2. The second-order valence-corrected chi connectivity index (χ2v) is 8.35. The highest BCUT2D eigenvalue weighted by molar-refractivity contribution is 7.89. The number of rotatable bonds is 5. The standard InChI is InChI=1S/C19H21N3O4S/c1-13-4-3-5-16(10-13)22-12-14(11-18(22)23)19(24)21-15-6-8-17(9-7-15)27(25,26)20-2/h3-10,14,20H,11-12H2,1-2H3,(H,21,24). The first-order chi connectivity index (χ1) is 12.8. The van der Waals surface area contributed by atoms with E-state index in [1.54, 1.807) is 4.90 Å². The van der Waals surface area contributed by atoms with Gasteiger partial charge in [-0.2, -0.15) is 0 Å². The Balaban J connectivity index is 1.68. The molecule has 0 radical (unpaired) electrons. The zero-order valence-corrected chi connectivity index (χ0v) is 15.9. The van der Waals surface area contributed by atoms with Crippen LogP contribution in [0.3, 0.4) is 0 Å². The fourth-order valence-corrected chi connectivity index (χ4v) is 3.74. The molecule has 0 aromatic heterocycles. The third kappa shape index (κ3) is 4.17. The first kappa shape index (κ1) is 19.1. The number of hydrogen-bond acceptors (Lipinski definition) is 4. The van der Waals surface area contributed by atoms with Crippen LogP contribution in [-0.2, 0) is 19.6 Å². The fourth-order valence-electron chi connectivity index (χ4n) is 3.01. The highest BCUT2D eigenvalue weighted by atomic mass is 32.2. The van der Waals surface area contributed by atoms with Crippen molar-refractivity contribution >= 4 is 33.2 Å². The molecule has 0 saturated carbocycles. The molecule has 1 fully saturated rings. The van der Waals surface area contributed by atoms with Gasteiger partial charge in [0.2, 0.25) is 21.8 Å². The molecule has 1 heterocycles. The van der Waals surface area contributed by atoms with Crippen molar-refractivity contribution in [1.29, 1.82) is 0 Å². The summed E-state index contributed by atoms with van der Waals surface area (Å²) in [6.45, 7) is 2.27. The van der Waals surface area contributed by atoms with E-state index in [1.165, 1.54) is 31.3 Å². The molecule has 8 heteroatoms. The highest BCUT2D eigenvalue weighted by Crippen LogP contribution is 2.26. The van der Waals surface area contributed by atoms with Crippen LogP contribution in [0.2, 0.25) is 0 Å². The number of aryl methyl sites for hydroxylation is 1. The first-order valence-electron chi connectivity index (χ1n) is 8.51. The van der Waals surface area contributed by atoms with Crippen molar-refractivity contribution in [3.05, 3.63) is 54.1 Å². The van der Waals surface area contributed by atoms with Crippen molar-refractivity contribution in [2.45, 2.75) is 18.2 Å². The van der Waals surface area contributed by atoms with Gasteiger partial charge in [-0.15, -0.1) is 0 Å². The summed E-state index contributed by atoms with van der Waals surface area (Å²) in [6.07, 6.45) is 0.145. The van der Waals surface area contributed by atoms with E-state index in [4.69, 9.17) is 0 Å². The quantitative estimate of drug-likeness (QED) is 0.819. The lowest BCUT2D eigenvalue weighted by atomic mass is 10.1. The Labute approximate surface area is 158 Å². The van der Waals surface area contributed by atoms with Crippen molar-refractivity contribution < 1.29 is 18.0 Å². The third-order valence-electron chi connectivity index (χ3n) is 4.51. The molecule has 0 bridgehead atoms. The minimum atomic E-state index is -3.52. The van der Waals surface area contributed by atoms with Gasteiger partial charge in [0, 0.05) is 24.3 Å². The second kappa shape index (κ2) is 7.50. The molecule has 1 saturated heterocycles. The van der Waals surface area contributed by atoms with Crippen LogP contribution < -0.4 is 14.9 Å². The Kier molecular flexibility index (Phi) is 5.29. The Bertz CT molecular complexity index is 971. The first-order valence-corrected chi connectivity index (χ1v) is 10.00. The van der Waals surface area contributed by atoms with Crippen molar-refractivity contribution in [3.63, 3.8) is 0 Å². The van der Waals surface area contributed by atoms with Gasteiger partial charge in [0.15, 0.2) is 0 Å². The van der Waals surface area contributed by atoms with E-state index >= 15 is 0 Å². The van der Waals surface area contributed by atoms with Gasteiger partial charge in [-0.1, -0.05) is 12.1 Å². The maximum atomic E-state index is 12.5. The maximum Gasteiger partial charge on any atom is 0.240 e. The number of amides is 2. The van der Waals surface area contributed by atoms with Gasteiger partial charge in [0.1, 0.15) is 0 Å². The number of nitrogens with one attached hydrogen (secondary N) is 2. The summed E-state index contributed by atoms with van der Waals surface area (Å²) < 4.78 is 25.7. The van der Waals surface area contributed by atoms with Gasteiger partial charge in [-0.25, -0.2) is 13.1 Å². The van der Waals surface area contributed by atoms with E-state index in [9.17, 15) is 18.0 Å². The van der Waals surface area contributed by atoms with Gasteiger partial charge in [-0.3, -0.25) is 9.59 Å². The molecule has 2 aromatic carbocycles. The molecule has 1 aliphatic heterocycles. The molecule has 1 unspecified atom stereocenters. The number of carbonyl (C=O) groups is 2. The molecule has 0 spiro atoms. The van der Waals surface area contributed by atoms with Gasteiger partial charge in [0.25, 0.3) is 0 Å². The summed E-state index contributed by atoms with van der Waals surface area (Å²) in [4.78, 5) is 26.6. The largest absolute Gasteiger partial charge is 0.326 e. The second-order valence-electron chi connectivity index (χ2n) is 6.47. The molecule has 7 nitrogen and oxygen atoms in total. The molecule has 0 aliphatic carbocycles. The van der Waals surface area contributed by atoms with E-state index in [0.717, 1.165) is 11.3 Å². The minimum Gasteiger partial charge on any atom is -0.326 e. The summed E-state index contributed by atoms with van der Waals surface area (Å²) in [5.41, 5.74) is 2.32. The van der Waals surface area contributed by atoms with Crippen molar-refractivity contribution in [3.8, 4) is 0 Å². The summed E-state index contributed by atoms with van der Waals surface area (Å²) in [5.74, 6) is -0.808. The Morgan fingerprint density at radius 3 is 2.48 bits per heavy atom. The topological polar surface area (TPSA) is 95.6 Å². The van der Waals surface area contributed by atoms with Crippen LogP contribution in [0.1, 0.15) is 12.0 Å². The third-order valence-corrected chi connectivity index (χ3v) is 5.94. The number of carbonyl (C=O) groups excluding carboxylic acids is 2. The van der Waals surface area contributed by atoms with Gasteiger partial charge < -0.3 is 10.2 Å². The number of nitrogens with zero attached hydrogens (tertiary/aromatic N) is 1. The van der Waals surface area contributed by atoms with Gasteiger partial charge in [0.05, 0.1) is 10.8 Å². The predicted molar refractivity (Wildman–Crippen MR) is 103 cm³/mol. The molecule has 3 rings (SSSR count). The lowest BCUT2D eigenvalue weighted by molar-refractivity contribution is -0.122. The smallest absolute Gasteiger partial charge is 0.240 e. The highest BCUT2D eigenvalue weighted by Gasteiger charge is 2.35. The zero-order chi connectivity index (χ0) is 19.6. The zero-order valence-electron chi connectivity index (χ0n) is 15.1. The molecule has 142 valence electrons. The van der Waals surface area contributed by atoms with Crippen LogP contribution in [0.4, 0.5) is 11.4 Å². The number of benzene rings is 2. The molecule has 1 aliphatic rings. The summed E-state index contributed by atoms with van der Waals surface area (Å²) in [5, 5.41) is 2.75. The monoisotopic (exact) mass is 387 g/mol. The summed E-state index contributed by atoms with van der Waals surface area (Å²) in [7, 11) is -2.19. The van der Waals surface area contributed by atoms with E-state index in [2.05, 4.69) is 10.0 Å². The van der Waals surface area contributed by atoms with Crippen LogP contribution >= 0.6 is 0 Å². The average molecular weight is 387 g/mol. The fraction of sp³-hybridized carbons (Fsp3) is 0.263. The van der Waals surface area contributed by atoms with Crippen LogP contribution in [0, 0.1) is 12.8 Å². The molecular formula is C19H21N3O4S. The van der Waals surface area contributed by atoms with Gasteiger partial charge in [-0.05, 0) is 55.9 Å². The van der Waals surface area contributed by atoms with E-state index < -0.39 is 15.9 Å². The van der Waals surface area contributed by atoms with Gasteiger partial charge >= 0.3 is 0 Å². The molecule has 2 N–H and O–H groups in total. The molecule has 2 aromatic rings. The summed E-state index contributed by atoms with van der Waals surface area (Å²) in [6, 6.07) is 13.5. The minimum absolute atomic E-state index is 0.0868. The number of sulfonamides is 1. The van der Waals surface area contributed by atoms with Crippen molar-refractivity contribution in [2.75, 3.05) is 23.8 Å². The van der Waals surface area contributed by atoms with Crippen molar-refractivity contribution in [2.24, 2.45) is 5.92 Å². The SMILES string of the molecule is CNS(=O)(=O)c1ccc(NC(=O)C2CC(=O)N(c3cccc(C)c3)C2)cc1. The van der Waals surface area contributed by atoms with Crippen LogP contribution in [0.15, 0.2) is 53.4 Å². The van der Waals surface area contributed by atoms with Crippen molar-refractivity contribution in [1.82, 2.24) is 4.72 Å².